The van der Waals surface area contributed by atoms with Crippen molar-refractivity contribution < 1.29 is 14.3 Å². The van der Waals surface area contributed by atoms with Crippen molar-refractivity contribution >= 4 is 11.6 Å². The molecule has 1 amide bonds. The van der Waals surface area contributed by atoms with Crippen molar-refractivity contribution in [2.45, 2.75) is 44.1 Å². The van der Waals surface area contributed by atoms with E-state index in [-0.39, 0.29) is 17.1 Å². The van der Waals surface area contributed by atoms with E-state index in [9.17, 15) is 14.3 Å². The Balaban J connectivity index is 1.19. The Morgan fingerprint density at radius 3 is 2.23 bits per heavy atom. The summed E-state index contributed by atoms with van der Waals surface area (Å²) in [4.78, 5) is 17.5. The molecule has 1 atom stereocenters. The molecule has 2 heterocycles. The second-order valence-electron chi connectivity index (χ2n) is 9.22. The van der Waals surface area contributed by atoms with E-state index < -0.39 is 6.10 Å². The topological polar surface area (TPSA) is 43.8 Å². The van der Waals surface area contributed by atoms with E-state index in [2.05, 4.69) is 29.2 Å². The number of aliphatic hydroxyl groups is 1. The first-order valence-corrected chi connectivity index (χ1v) is 11.1. The lowest BCUT2D eigenvalue weighted by molar-refractivity contribution is -0.128. The van der Waals surface area contributed by atoms with Gasteiger partial charge in [0, 0.05) is 18.8 Å². The maximum Gasteiger partial charge on any atom is 0.233 e. The van der Waals surface area contributed by atoms with Crippen molar-refractivity contribution in [1.82, 2.24) is 4.90 Å². The fourth-order valence-electron chi connectivity index (χ4n) is 5.07. The molecule has 4 nitrogen and oxygen atoms in total. The molecule has 3 fully saturated rings. The predicted molar refractivity (Wildman–Crippen MR) is 115 cm³/mol. The number of β-amino-alcohol motifs (C(OH)–C–C–N with tert-alkyl or cyclic N) is 1. The first-order valence-electron chi connectivity index (χ1n) is 11.1. The average Bonchev–Trinajstić information content (AvgIpc) is 3.57. The summed E-state index contributed by atoms with van der Waals surface area (Å²) in [6.07, 6.45) is 4.51. The van der Waals surface area contributed by atoms with Crippen LogP contribution in [0.15, 0.2) is 48.5 Å². The molecule has 3 aliphatic rings. The lowest BCUT2D eigenvalue weighted by atomic mass is 9.77. The molecule has 1 spiro atoms. The summed E-state index contributed by atoms with van der Waals surface area (Å²) in [5.41, 5.74) is 2.89. The maximum atomic E-state index is 13.3. The van der Waals surface area contributed by atoms with Gasteiger partial charge >= 0.3 is 0 Å². The van der Waals surface area contributed by atoms with Gasteiger partial charge in [0.25, 0.3) is 0 Å². The number of hydrogen-bond donors (Lipinski definition) is 1. The largest absolute Gasteiger partial charge is 0.387 e. The molecule has 1 N–H and O–H groups in total. The zero-order valence-electron chi connectivity index (χ0n) is 17.3. The second kappa shape index (κ2) is 7.78. The third kappa shape index (κ3) is 3.77. The number of likely N-dealkylation sites (tertiary alicyclic amines) is 1. The standard InChI is InChI=1S/C25H29FN2O2/c26-21-7-3-20(4-8-21)23(29)17-27-14-11-25(12-15-27)13-16-28(24(25)30)22-9-5-19(6-10-22)18-1-2-18/h3-10,18,23,29H,1-2,11-17H2/t23-/m0/s1. The first-order chi connectivity index (χ1) is 14.5. The summed E-state index contributed by atoms with van der Waals surface area (Å²) in [5, 5.41) is 10.5. The van der Waals surface area contributed by atoms with Crippen LogP contribution in [0.2, 0.25) is 0 Å². The molecule has 0 unspecified atom stereocenters. The van der Waals surface area contributed by atoms with Crippen molar-refractivity contribution in [1.29, 1.82) is 0 Å². The van der Waals surface area contributed by atoms with Gasteiger partial charge in [-0.2, -0.15) is 0 Å². The van der Waals surface area contributed by atoms with Crippen LogP contribution < -0.4 is 4.90 Å². The van der Waals surface area contributed by atoms with Crippen LogP contribution in [0, 0.1) is 11.2 Å². The summed E-state index contributed by atoms with van der Waals surface area (Å²) in [6, 6.07) is 14.6. The van der Waals surface area contributed by atoms with E-state index >= 15 is 0 Å². The number of aliphatic hydroxyl groups excluding tert-OH is 1. The molecule has 2 aliphatic heterocycles. The van der Waals surface area contributed by atoms with Crippen LogP contribution in [0.4, 0.5) is 10.1 Å². The van der Waals surface area contributed by atoms with Gasteiger partial charge in [-0.3, -0.25) is 4.79 Å². The van der Waals surface area contributed by atoms with Crippen molar-refractivity contribution in [2.75, 3.05) is 31.1 Å². The van der Waals surface area contributed by atoms with Crippen molar-refractivity contribution in [3.05, 3.63) is 65.5 Å². The molecule has 5 heteroatoms. The molecule has 2 aromatic carbocycles. The lowest BCUT2D eigenvalue weighted by Crippen LogP contribution is -2.45. The number of nitrogens with zero attached hydrogens (tertiary/aromatic N) is 2. The quantitative estimate of drug-likeness (QED) is 0.804. The van der Waals surface area contributed by atoms with E-state index in [1.807, 2.05) is 4.90 Å². The summed E-state index contributed by atoms with van der Waals surface area (Å²) < 4.78 is 13.1. The van der Waals surface area contributed by atoms with Crippen LogP contribution in [0.25, 0.3) is 0 Å². The van der Waals surface area contributed by atoms with Crippen LogP contribution in [-0.2, 0) is 4.79 Å². The third-order valence-corrected chi connectivity index (χ3v) is 7.27. The molecule has 30 heavy (non-hydrogen) atoms. The van der Waals surface area contributed by atoms with E-state index in [1.165, 1.54) is 30.5 Å². The fraction of sp³-hybridized carbons (Fsp3) is 0.480. The molecule has 5 rings (SSSR count). The number of carbonyl (C=O) groups excluding carboxylic acids is 1. The Hall–Kier alpha value is -2.24. The minimum absolute atomic E-state index is 0.257. The van der Waals surface area contributed by atoms with Gasteiger partial charge in [-0.15, -0.1) is 0 Å². The molecule has 1 saturated carbocycles. The Labute approximate surface area is 177 Å². The average molecular weight is 409 g/mol. The van der Waals surface area contributed by atoms with Gasteiger partial charge in [0.15, 0.2) is 0 Å². The minimum atomic E-state index is -0.639. The number of halogens is 1. The molecule has 158 valence electrons. The Bertz CT molecular complexity index is 900. The number of carbonyl (C=O) groups is 1. The van der Waals surface area contributed by atoms with Gasteiger partial charge in [0.05, 0.1) is 11.5 Å². The van der Waals surface area contributed by atoms with Crippen molar-refractivity contribution in [3.63, 3.8) is 0 Å². The van der Waals surface area contributed by atoms with E-state index in [0.717, 1.165) is 56.1 Å². The SMILES string of the molecule is O=C1N(c2ccc(C3CC3)cc2)CCC12CCN(C[C@H](O)c1ccc(F)cc1)CC2. The molecule has 0 bridgehead atoms. The number of benzene rings is 2. The van der Waals surface area contributed by atoms with Gasteiger partial charge < -0.3 is 14.9 Å². The second-order valence-corrected chi connectivity index (χ2v) is 9.22. The summed E-state index contributed by atoms with van der Waals surface area (Å²) in [7, 11) is 0. The highest BCUT2D eigenvalue weighted by Crippen LogP contribution is 2.44. The molecule has 0 aromatic heterocycles. The fourth-order valence-corrected chi connectivity index (χ4v) is 5.07. The predicted octanol–water partition coefficient (Wildman–Crippen LogP) is 4.26. The normalized spacial score (nSPS) is 22.6. The molecule has 1 aliphatic carbocycles. The van der Waals surface area contributed by atoms with Crippen molar-refractivity contribution in [3.8, 4) is 0 Å². The van der Waals surface area contributed by atoms with Crippen LogP contribution in [0.3, 0.4) is 0 Å². The van der Waals surface area contributed by atoms with Crippen LogP contribution in [0.5, 0.6) is 0 Å². The highest BCUT2D eigenvalue weighted by Gasteiger charge is 2.48. The van der Waals surface area contributed by atoms with Gasteiger partial charge in [0.2, 0.25) is 5.91 Å². The maximum absolute atomic E-state index is 13.3. The Morgan fingerprint density at radius 2 is 1.60 bits per heavy atom. The summed E-state index contributed by atoms with van der Waals surface area (Å²) >= 11 is 0. The van der Waals surface area contributed by atoms with E-state index in [4.69, 9.17) is 0 Å². The van der Waals surface area contributed by atoms with Crippen LogP contribution >= 0.6 is 0 Å². The van der Waals surface area contributed by atoms with Gasteiger partial charge in [-0.1, -0.05) is 24.3 Å². The number of hydrogen-bond acceptors (Lipinski definition) is 3. The van der Waals surface area contributed by atoms with Gasteiger partial charge in [-0.25, -0.2) is 4.39 Å². The Morgan fingerprint density at radius 1 is 0.967 bits per heavy atom. The highest BCUT2D eigenvalue weighted by molar-refractivity contribution is 6.00. The molecule has 2 aromatic rings. The van der Waals surface area contributed by atoms with Crippen LogP contribution in [-0.4, -0.2) is 42.1 Å². The summed E-state index contributed by atoms with van der Waals surface area (Å²) in [5.74, 6) is 0.701. The van der Waals surface area contributed by atoms with Gasteiger partial charge in [0.1, 0.15) is 5.82 Å². The van der Waals surface area contributed by atoms with Crippen molar-refractivity contribution in [2.24, 2.45) is 5.41 Å². The highest BCUT2D eigenvalue weighted by atomic mass is 19.1. The lowest BCUT2D eigenvalue weighted by Gasteiger charge is -2.38. The molecular weight excluding hydrogens is 379 g/mol. The molecule has 2 saturated heterocycles. The summed E-state index contributed by atoms with van der Waals surface area (Å²) in [6.45, 7) is 2.92. The number of rotatable bonds is 5. The first kappa shape index (κ1) is 19.7. The minimum Gasteiger partial charge on any atom is -0.387 e. The number of piperidine rings is 1. The Kier molecular flexibility index (Phi) is 5.11. The number of amides is 1. The monoisotopic (exact) mass is 408 g/mol. The van der Waals surface area contributed by atoms with Crippen LogP contribution in [0.1, 0.15) is 55.3 Å². The molecular formula is C25H29FN2O2. The third-order valence-electron chi connectivity index (χ3n) is 7.27. The van der Waals surface area contributed by atoms with E-state index in [0.29, 0.717) is 6.54 Å². The zero-order valence-corrected chi connectivity index (χ0v) is 17.3. The smallest absolute Gasteiger partial charge is 0.233 e. The zero-order chi connectivity index (χ0) is 20.7. The number of anilines is 1. The molecule has 0 radical (unpaired) electrons. The van der Waals surface area contributed by atoms with E-state index in [1.54, 1.807) is 12.1 Å². The van der Waals surface area contributed by atoms with Gasteiger partial charge in [-0.05, 0) is 86.5 Å².